The Labute approximate surface area is 103 Å². The van der Waals surface area contributed by atoms with Crippen LogP contribution in [0.2, 0.25) is 0 Å². The Balaban J connectivity index is 1.60. The van der Waals surface area contributed by atoms with Gasteiger partial charge in [-0.2, -0.15) is 0 Å². The first-order chi connectivity index (χ1) is 8.31. The summed E-state index contributed by atoms with van der Waals surface area (Å²) in [5, 5.41) is 0. The molecule has 17 heavy (non-hydrogen) atoms. The summed E-state index contributed by atoms with van der Waals surface area (Å²) < 4.78 is 0. The predicted octanol–water partition coefficient (Wildman–Crippen LogP) is 2.88. The van der Waals surface area contributed by atoms with Gasteiger partial charge in [-0.05, 0) is 37.8 Å². The van der Waals surface area contributed by atoms with Crippen LogP contribution in [0.3, 0.4) is 0 Å². The minimum absolute atomic E-state index is 0.339. The van der Waals surface area contributed by atoms with Gasteiger partial charge in [0.05, 0.1) is 0 Å². The van der Waals surface area contributed by atoms with E-state index in [4.69, 9.17) is 0 Å². The summed E-state index contributed by atoms with van der Waals surface area (Å²) in [5.41, 5.74) is 1.87. The number of anilines is 1. The summed E-state index contributed by atoms with van der Waals surface area (Å²) in [7, 11) is 0. The number of rotatable bonds is 2. The van der Waals surface area contributed by atoms with Gasteiger partial charge in [0, 0.05) is 30.1 Å². The van der Waals surface area contributed by atoms with Gasteiger partial charge in [-0.15, -0.1) is 0 Å². The van der Waals surface area contributed by atoms with Gasteiger partial charge >= 0.3 is 0 Å². The quantitative estimate of drug-likeness (QED) is 0.727. The molecule has 0 atom stereocenters. The Hall–Kier alpha value is -1.31. The van der Waals surface area contributed by atoms with Crippen LogP contribution in [-0.2, 0) is 4.79 Å². The Morgan fingerprint density at radius 3 is 2.35 bits per heavy atom. The Kier molecular flexibility index (Phi) is 2.65. The maximum atomic E-state index is 10.8. The molecule has 0 aromatic heterocycles. The molecule has 0 bridgehead atoms. The van der Waals surface area contributed by atoms with Crippen molar-refractivity contribution in [2.75, 3.05) is 18.0 Å². The third kappa shape index (κ3) is 1.97. The summed E-state index contributed by atoms with van der Waals surface area (Å²) in [6.07, 6.45) is 5.83. The van der Waals surface area contributed by atoms with Crippen molar-refractivity contribution in [2.45, 2.75) is 25.7 Å². The van der Waals surface area contributed by atoms with Gasteiger partial charge in [-0.1, -0.05) is 18.2 Å². The largest absolute Gasteiger partial charge is 0.370 e. The zero-order valence-corrected chi connectivity index (χ0v) is 10.1. The van der Waals surface area contributed by atoms with Crippen LogP contribution in [0, 0.1) is 11.3 Å². The highest BCUT2D eigenvalue weighted by Gasteiger charge is 2.44. The molecule has 1 spiro atoms. The van der Waals surface area contributed by atoms with Gasteiger partial charge < -0.3 is 9.69 Å². The van der Waals surface area contributed by atoms with E-state index < -0.39 is 0 Å². The van der Waals surface area contributed by atoms with E-state index in [9.17, 15) is 4.79 Å². The molecule has 2 fully saturated rings. The zero-order valence-electron chi connectivity index (χ0n) is 10.1. The molecule has 1 aromatic carbocycles. The van der Waals surface area contributed by atoms with Crippen LogP contribution in [0.15, 0.2) is 30.3 Å². The lowest BCUT2D eigenvalue weighted by molar-refractivity contribution is -0.112. The minimum Gasteiger partial charge on any atom is -0.370 e. The summed E-state index contributed by atoms with van der Waals surface area (Å²) in [5.74, 6) is 0.339. The van der Waals surface area contributed by atoms with E-state index in [0.29, 0.717) is 11.3 Å². The Morgan fingerprint density at radius 2 is 1.76 bits per heavy atom. The lowest BCUT2D eigenvalue weighted by Gasteiger charge is -2.54. The number of hydrogen-bond donors (Lipinski definition) is 0. The lowest BCUT2D eigenvalue weighted by Crippen LogP contribution is -2.57. The summed E-state index contributed by atoms with van der Waals surface area (Å²) in [4.78, 5) is 13.2. The third-order valence-electron chi connectivity index (χ3n) is 4.46. The first-order valence-electron chi connectivity index (χ1n) is 6.57. The molecule has 2 nitrogen and oxygen atoms in total. The summed E-state index contributed by atoms with van der Waals surface area (Å²) in [6.45, 7) is 2.37. The normalized spacial score (nSPS) is 23.4. The molecular weight excluding hydrogens is 210 g/mol. The number of carbonyl (C=O) groups is 1. The van der Waals surface area contributed by atoms with Crippen molar-refractivity contribution < 1.29 is 4.79 Å². The molecule has 1 saturated carbocycles. The molecule has 1 heterocycles. The van der Waals surface area contributed by atoms with Crippen LogP contribution in [0.1, 0.15) is 25.7 Å². The number of hydrogen-bond acceptors (Lipinski definition) is 2. The van der Waals surface area contributed by atoms with Crippen LogP contribution in [0.5, 0.6) is 0 Å². The molecule has 1 aliphatic carbocycles. The number of aldehydes is 1. The average Bonchev–Trinajstić information content (AvgIpc) is 2.37. The molecule has 2 heteroatoms. The van der Waals surface area contributed by atoms with Crippen molar-refractivity contribution in [1.29, 1.82) is 0 Å². The van der Waals surface area contributed by atoms with E-state index in [1.165, 1.54) is 31.6 Å². The van der Waals surface area contributed by atoms with Gasteiger partial charge in [0.25, 0.3) is 0 Å². The average molecular weight is 229 g/mol. The molecular formula is C15H19NO. The van der Waals surface area contributed by atoms with Gasteiger partial charge in [0.2, 0.25) is 0 Å². The fraction of sp³-hybridized carbons (Fsp3) is 0.533. The van der Waals surface area contributed by atoms with Gasteiger partial charge in [0.1, 0.15) is 6.29 Å². The third-order valence-corrected chi connectivity index (χ3v) is 4.46. The second kappa shape index (κ2) is 4.17. The standard InChI is InChI=1S/C15H19NO/c17-10-13-6-8-15(9-7-13)11-16(12-15)14-4-2-1-3-5-14/h1-5,10,13H,6-9,11-12H2. The molecule has 2 aliphatic rings. The predicted molar refractivity (Wildman–Crippen MR) is 69.1 cm³/mol. The maximum Gasteiger partial charge on any atom is 0.123 e. The summed E-state index contributed by atoms with van der Waals surface area (Å²) in [6, 6.07) is 10.6. The van der Waals surface area contributed by atoms with E-state index in [-0.39, 0.29) is 0 Å². The minimum atomic E-state index is 0.339. The second-order valence-corrected chi connectivity index (χ2v) is 5.67. The number of carbonyl (C=O) groups excluding carboxylic acids is 1. The molecule has 90 valence electrons. The Morgan fingerprint density at radius 1 is 1.12 bits per heavy atom. The van der Waals surface area contributed by atoms with E-state index >= 15 is 0 Å². The van der Waals surface area contributed by atoms with Crippen molar-refractivity contribution in [3.63, 3.8) is 0 Å². The van der Waals surface area contributed by atoms with Crippen molar-refractivity contribution in [2.24, 2.45) is 11.3 Å². The van der Waals surface area contributed by atoms with Crippen LogP contribution in [-0.4, -0.2) is 19.4 Å². The Bertz CT molecular complexity index is 385. The fourth-order valence-corrected chi connectivity index (χ4v) is 3.29. The van der Waals surface area contributed by atoms with Crippen LogP contribution in [0.4, 0.5) is 5.69 Å². The molecule has 1 aromatic rings. The lowest BCUT2D eigenvalue weighted by atomic mass is 9.66. The van der Waals surface area contributed by atoms with Crippen molar-refractivity contribution in [1.82, 2.24) is 0 Å². The van der Waals surface area contributed by atoms with Crippen molar-refractivity contribution in [3.05, 3.63) is 30.3 Å². The van der Waals surface area contributed by atoms with Crippen LogP contribution >= 0.6 is 0 Å². The van der Waals surface area contributed by atoms with E-state index in [0.717, 1.165) is 19.1 Å². The molecule has 0 unspecified atom stereocenters. The topological polar surface area (TPSA) is 20.3 Å². The fourth-order valence-electron chi connectivity index (χ4n) is 3.29. The summed E-state index contributed by atoms with van der Waals surface area (Å²) >= 11 is 0. The molecule has 0 N–H and O–H groups in total. The van der Waals surface area contributed by atoms with Crippen molar-refractivity contribution >= 4 is 12.0 Å². The molecule has 3 rings (SSSR count). The van der Waals surface area contributed by atoms with Crippen molar-refractivity contribution in [3.8, 4) is 0 Å². The first-order valence-corrected chi connectivity index (χ1v) is 6.57. The number of para-hydroxylation sites is 1. The van der Waals surface area contributed by atoms with Gasteiger partial charge in [0.15, 0.2) is 0 Å². The molecule has 0 amide bonds. The zero-order chi connectivity index (χ0) is 11.7. The molecule has 0 radical (unpaired) electrons. The maximum absolute atomic E-state index is 10.8. The van der Waals surface area contributed by atoms with Gasteiger partial charge in [-0.3, -0.25) is 0 Å². The van der Waals surface area contributed by atoms with E-state index in [2.05, 4.69) is 35.2 Å². The monoisotopic (exact) mass is 229 g/mol. The number of nitrogens with zero attached hydrogens (tertiary/aromatic N) is 1. The molecule has 1 aliphatic heterocycles. The van der Waals surface area contributed by atoms with E-state index in [1.54, 1.807) is 0 Å². The van der Waals surface area contributed by atoms with Crippen LogP contribution < -0.4 is 4.90 Å². The SMILES string of the molecule is O=CC1CCC2(CC1)CN(c1ccccc1)C2. The molecule has 1 saturated heterocycles. The van der Waals surface area contributed by atoms with E-state index in [1.807, 2.05) is 0 Å². The highest BCUT2D eigenvalue weighted by Crippen LogP contribution is 2.46. The van der Waals surface area contributed by atoms with Crippen LogP contribution in [0.25, 0.3) is 0 Å². The highest BCUT2D eigenvalue weighted by molar-refractivity contribution is 5.54. The smallest absolute Gasteiger partial charge is 0.123 e. The highest BCUT2D eigenvalue weighted by atomic mass is 16.1. The number of benzene rings is 1. The van der Waals surface area contributed by atoms with Gasteiger partial charge in [-0.25, -0.2) is 0 Å². The first kappa shape index (κ1) is 10.8. The second-order valence-electron chi connectivity index (χ2n) is 5.67.